The van der Waals surface area contributed by atoms with E-state index in [0.29, 0.717) is 19.0 Å². The molecule has 4 nitrogen and oxygen atoms in total. The fourth-order valence-corrected chi connectivity index (χ4v) is 2.50. The van der Waals surface area contributed by atoms with Gasteiger partial charge in [-0.25, -0.2) is 0 Å². The highest BCUT2D eigenvalue weighted by Crippen LogP contribution is 2.44. The third kappa shape index (κ3) is 2.69. The van der Waals surface area contributed by atoms with Crippen LogP contribution in [0.15, 0.2) is 0 Å². The fourth-order valence-electron chi connectivity index (χ4n) is 2.50. The third-order valence-corrected chi connectivity index (χ3v) is 4.56. The van der Waals surface area contributed by atoms with Gasteiger partial charge in [0.15, 0.2) is 0 Å². The van der Waals surface area contributed by atoms with E-state index in [0.717, 1.165) is 19.3 Å². The molecule has 2 N–H and O–H groups in total. The molecular formula is C14H26N2O2. The van der Waals surface area contributed by atoms with Gasteiger partial charge in [-0.3, -0.25) is 9.69 Å². The van der Waals surface area contributed by atoms with Crippen molar-refractivity contribution in [2.45, 2.75) is 64.1 Å². The van der Waals surface area contributed by atoms with Gasteiger partial charge in [-0.2, -0.15) is 0 Å². The second-order valence-electron chi connectivity index (χ2n) is 6.69. The standard InChI is InChI=1S/C14H26N2O2/c1-5-13(3,4)15-12(17)10(2)16-8-14(18,9-16)11-6-7-11/h10-11,18H,5-9H2,1-4H3,(H,15,17). The number of rotatable bonds is 5. The van der Waals surface area contributed by atoms with Crippen LogP contribution >= 0.6 is 0 Å². The molecule has 104 valence electrons. The molecule has 18 heavy (non-hydrogen) atoms. The molecule has 1 aliphatic heterocycles. The number of hydrogen-bond acceptors (Lipinski definition) is 3. The number of likely N-dealkylation sites (tertiary alicyclic amines) is 1. The summed E-state index contributed by atoms with van der Waals surface area (Å²) in [7, 11) is 0. The molecule has 0 spiro atoms. The van der Waals surface area contributed by atoms with Crippen LogP contribution in [0.4, 0.5) is 0 Å². The molecule has 1 unspecified atom stereocenters. The van der Waals surface area contributed by atoms with Crippen molar-refractivity contribution in [3.8, 4) is 0 Å². The Balaban J connectivity index is 1.82. The van der Waals surface area contributed by atoms with E-state index in [-0.39, 0.29) is 17.5 Å². The molecule has 1 heterocycles. The van der Waals surface area contributed by atoms with Gasteiger partial charge in [-0.15, -0.1) is 0 Å². The summed E-state index contributed by atoms with van der Waals surface area (Å²) in [5.41, 5.74) is -0.655. The van der Waals surface area contributed by atoms with Crippen LogP contribution < -0.4 is 5.32 Å². The molecule has 1 saturated carbocycles. The van der Waals surface area contributed by atoms with E-state index in [9.17, 15) is 9.90 Å². The molecule has 1 atom stereocenters. The average Bonchev–Trinajstić information content (AvgIpc) is 3.07. The molecule has 0 aromatic rings. The minimum atomic E-state index is -0.505. The van der Waals surface area contributed by atoms with E-state index < -0.39 is 5.60 Å². The Morgan fingerprint density at radius 1 is 1.50 bits per heavy atom. The zero-order valence-electron chi connectivity index (χ0n) is 12.0. The van der Waals surface area contributed by atoms with Crippen LogP contribution in [0, 0.1) is 5.92 Å². The average molecular weight is 254 g/mol. The summed E-state index contributed by atoms with van der Waals surface area (Å²) in [6, 6.07) is -0.144. The van der Waals surface area contributed by atoms with Gasteiger partial charge in [0.1, 0.15) is 0 Å². The number of nitrogens with one attached hydrogen (secondary N) is 1. The van der Waals surface area contributed by atoms with Gasteiger partial charge in [0.05, 0.1) is 11.6 Å². The summed E-state index contributed by atoms with van der Waals surface area (Å²) in [5, 5.41) is 13.3. The van der Waals surface area contributed by atoms with Crippen LogP contribution in [0.25, 0.3) is 0 Å². The third-order valence-electron chi connectivity index (χ3n) is 4.56. The van der Waals surface area contributed by atoms with Gasteiger partial charge in [0.25, 0.3) is 0 Å². The Hall–Kier alpha value is -0.610. The monoisotopic (exact) mass is 254 g/mol. The highest BCUT2D eigenvalue weighted by molar-refractivity contribution is 5.82. The summed E-state index contributed by atoms with van der Waals surface area (Å²) in [6.45, 7) is 9.37. The lowest BCUT2D eigenvalue weighted by Crippen LogP contribution is -2.68. The van der Waals surface area contributed by atoms with Crippen molar-refractivity contribution in [1.29, 1.82) is 0 Å². The molecule has 2 aliphatic rings. The van der Waals surface area contributed by atoms with Crippen molar-refractivity contribution in [3.05, 3.63) is 0 Å². The Morgan fingerprint density at radius 3 is 2.50 bits per heavy atom. The normalized spacial score (nSPS) is 25.4. The Bertz CT molecular complexity index is 331. The van der Waals surface area contributed by atoms with Gasteiger partial charge >= 0.3 is 0 Å². The first-order valence-electron chi connectivity index (χ1n) is 7.06. The maximum Gasteiger partial charge on any atom is 0.237 e. The first-order chi connectivity index (χ1) is 8.27. The molecule has 0 aromatic carbocycles. The minimum Gasteiger partial charge on any atom is -0.387 e. The zero-order valence-corrected chi connectivity index (χ0v) is 12.0. The molecular weight excluding hydrogens is 228 g/mol. The van der Waals surface area contributed by atoms with Gasteiger partial charge in [0.2, 0.25) is 5.91 Å². The van der Waals surface area contributed by atoms with E-state index in [4.69, 9.17) is 0 Å². The summed E-state index contributed by atoms with van der Waals surface area (Å²) in [6.07, 6.45) is 3.21. The van der Waals surface area contributed by atoms with Crippen LogP contribution in [0.3, 0.4) is 0 Å². The molecule has 4 heteroatoms. The lowest BCUT2D eigenvalue weighted by atomic mass is 9.87. The second-order valence-corrected chi connectivity index (χ2v) is 6.69. The predicted molar refractivity (Wildman–Crippen MR) is 71.2 cm³/mol. The summed E-state index contributed by atoms with van der Waals surface area (Å²) in [5.74, 6) is 0.552. The van der Waals surface area contributed by atoms with Crippen molar-refractivity contribution >= 4 is 5.91 Å². The molecule has 0 aromatic heterocycles. The first-order valence-corrected chi connectivity index (χ1v) is 7.06. The van der Waals surface area contributed by atoms with Gasteiger partial charge in [-0.1, -0.05) is 6.92 Å². The van der Waals surface area contributed by atoms with Gasteiger partial charge < -0.3 is 10.4 Å². The molecule has 2 rings (SSSR count). The fraction of sp³-hybridized carbons (Fsp3) is 0.929. The van der Waals surface area contributed by atoms with Crippen molar-refractivity contribution in [2.24, 2.45) is 5.92 Å². The molecule has 2 fully saturated rings. The number of amides is 1. The van der Waals surface area contributed by atoms with Crippen molar-refractivity contribution in [1.82, 2.24) is 10.2 Å². The largest absolute Gasteiger partial charge is 0.387 e. The number of hydrogen-bond donors (Lipinski definition) is 2. The van der Waals surface area contributed by atoms with Crippen LogP contribution in [-0.2, 0) is 4.79 Å². The summed E-state index contributed by atoms with van der Waals surface area (Å²) in [4.78, 5) is 14.2. The summed E-state index contributed by atoms with van der Waals surface area (Å²) < 4.78 is 0. The Kier molecular flexibility index (Phi) is 3.45. The molecule has 1 aliphatic carbocycles. The van der Waals surface area contributed by atoms with Gasteiger partial charge in [0, 0.05) is 18.6 Å². The van der Waals surface area contributed by atoms with E-state index >= 15 is 0 Å². The smallest absolute Gasteiger partial charge is 0.237 e. The van der Waals surface area contributed by atoms with Crippen molar-refractivity contribution in [2.75, 3.05) is 13.1 Å². The molecule has 1 saturated heterocycles. The highest BCUT2D eigenvalue weighted by Gasteiger charge is 2.53. The maximum atomic E-state index is 12.1. The lowest BCUT2D eigenvalue weighted by molar-refractivity contribution is -0.148. The van der Waals surface area contributed by atoms with Crippen molar-refractivity contribution < 1.29 is 9.90 Å². The quantitative estimate of drug-likeness (QED) is 0.773. The Labute approximate surface area is 110 Å². The van der Waals surface area contributed by atoms with E-state index in [2.05, 4.69) is 17.1 Å². The van der Waals surface area contributed by atoms with Crippen LogP contribution in [0.2, 0.25) is 0 Å². The topological polar surface area (TPSA) is 52.6 Å². The van der Waals surface area contributed by atoms with Crippen molar-refractivity contribution in [3.63, 3.8) is 0 Å². The number of carbonyl (C=O) groups is 1. The van der Waals surface area contributed by atoms with E-state index in [1.165, 1.54) is 0 Å². The maximum absolute atomic E-state index is 12.1. The molecule has 1 amide bonds. The number of aliphatic hydroxyl groups is 1. The van der Waals surface area contributed by atoms with E-state index in [1.54, 1.807) is 0 Å². The van der Waals surface area contributed by atoms with Crippen LogP contribution in [-0.4, -0.2) is 46.2 Å². The number of nitrogens with zero attached hydrogens (tertiary/aromatic N) is 1. The number of β-amino-alcohol motifs (C(OH)–C–C–N with tert-alkyl or cyclic N) is 1. The molecule has 0 radical (unpaired) electrons. The second kappa shape index (κ2) is 4.49. The lowest BCUT2D eigenvalue weighted by Gasteiger charge is -2.49. The SMILES string of the molecule is CCC(C)(C)NC(=O)C(C)N1CC(O)(C2CC2)C1. The predicted octanol–water partition coefficient (Wildman–Crippen LogP) is 1.14. The number of carbonyl (C=O) groups excluding carboxylic acids is 1. The van der Waals surface area contributed by atoms with Gasteiger partial charge in [-0.05, 0) is 46.0 Å². The minimum absolute atomic E-state index is 0.0692. The highest BCUT2D eigenvalue weighted by atomic mass is 16.3. The van der Waals surface area contributed by atoms with Crippen LogP contribution in [0.1, 0.15) is 47.0 Å². The van der Waals surface area contributed by atoms with E-state index in [1.807, 2.05) is 20.8 Å². The summed E-state index contributed by atoms with van der Waals surface area (Å²) >= 11 is 0. The first kappa shape index (κ1) is 13.8. The van der Waals surface area contributed by atoms with Crippen LogP contribution in [0.5, 0.6) is 0 Å². The Morgan fingerprint density at radius 2 is 2.06 bits per heavy atom. The zero-order chi connectivity index (χ0) is 13.6. The molecule has 0 bridgehead atoms.